The van der Waals surface area contributed by atoms with E-state index in [1.165, 1.54) is 10.9 Å². The lowest BCUT2D eigenvalue weighted by Gasteiger charge is -2.01. The van der Waals surface area contributed by atoms with Gasteiger partial charge in [-0.1, -0.05) is 12.1 Å². The first-order valence-corrected chi connectivity index (χ1v) is 5.48. The van der Waals surface area contributed by atoms with Gasteiger partial charge in [-0.05, 0) is 30.7 Å². The van der Waals surface area contributed by atoms with Crippen LogP contribution < -0.4 is 0 Å². The molecule has 0 aliphatic carbocycles. The topological polar surface area (TPSA) is 20.2 Å². The summed E-state index contributed by atoms with van der Waals surface area (Å²) in [5.41, 5.74) is 1.20. The molecule has 0 unspecified atom stereocenters. The Morgan fingerprint density at radius 3 is 2.60 bits per heavy atom. The fourth-order valence-electron chi connectivity index (χ4n) is 1.42. The average Bonchev–Trinajstić information content (AvgIpc) is 2.65. The van der Waals surface area contributed by atoms with Gasteiger partial charge in [-0.15, -0.1) is 11.3 Å². The van der Waals surface area contributed by atoms with Crippen LogP contribution in [0.5, 0.6) is 0 Å². The van der Waals surface area contributed by atoms with E-state index in [-0.39, 0.29) is 12.4 Å². The fraction of sp³-hybridized carbons (Fsp3) is 0.167. The molecule has 0 atom stereocenters. The van der Waals surface area contributed by atoms with Gasteiger partial charge in [0.1, 0.15) is 5.82 Å². The largest absolute Gasteiger partial charge is 0.392 e. The minimum Gasteiger partial charge on any atom is -0.392 e. The molecule has 0 saturated carbocycles. The Morgan fingerprint density at radius 2 is 2.07 bits per heavy atom. The Balaban J connectivity index is 2.42. The zero-order chi connectivity index (χ0) is 10.8. The Labute approximate surface area is 91.8 Å². The molecule has 0 bridgehead atoms. The van der Waals surface area contributed by atoms with Crippen LogP contribution in [0, 0.1) is 12.7 Å². The Morgan fingerprint density at radius 1 is 1.27 bits per heavy atom. The summed E-state index contributed by atoms with van der Waals surface area (Å²) >= 11 is 1.63. The van der Waals surface area contributed by atoms with Crippen LogP contribution in [0.4, 0.5) is 4.39 Å². The Hall–Kier alpha value is -1.19. The van der Waals surface area contributed by atoms with E-state index in [9.17, 15) is 4.39 Å². The van der Waals surface area contributed by atoms with E-state index in [2.05, 4.69) is 0 Å². The van der Waals surface area contributed by atoms with E-state index in [0.717, 1.165) is 10.4 Å². The summed E-state index contributed by atoms with van der Waals surface area (Å²) in [5, 5.41) is 8.85. The molecule has 0 spiro atoms. The maximum absolute atomic E-state index is 13.4. The molecular formula is C12H11FOS. The van der Waals surface area contributed by atoms with Gasteiger partial charge in [0, 0.05) is 15.3 Å². The molecule has 0 amide bonds. The third kappa shape index (κ3) is 2.08. The number of aliphatic hydroxyl groups is 1. The van der Waals surface area contributed by atoms with Gasteiger partial charge in [-0.2, -0.15) is 0 Å². The number of halogens is 1. The summed E-state index contributed by atoms with van der Waals surface area (Å²) in [4.78, 5) is 2.26. The molecule has 3 heteroatoms. The van der Waals surface area contributed by atoms with Crippen LogP contribution in [0.2, 0.25) is 0 Å². The van der Waals surface area contributed by atoms with Crippen molar-refractivity contribution in [2.75, 3.05) is 0 Å². The highest BCUT2D eigenvalue weighted by molar-refractivity contribution is 7.15. The van der Waals surface area contributed by atoms with Crippen molar-refractivity contribution in [2.24, 2.45) is 0 Å². The first-order chi connectivity index (χ1) is 7.20. The van der Waals surface area contributed by atoms with Crippen LogP contribution in [0.15, 0.2) is 30.3 Å². The molecular weight excluding hydrogens is 211 g/mol. The first kappa shape index (κ1) is 10.3. The van der Waals surface area contributed by atoms with E-state index in [4.69, 9.17) is 5.11 Å². The van der Waals surface area contributed by atoms with Crippen molar-refractivity contribution in [3.63, 3.8) is 0 Å². The van der Waals surface area contributed by atoms with Gasteiger partial charge in [0.05, 0.1) is 6.61 Å². The molecule has 0 fully saturated rings. The van der Waals surface area contributed by atoms with Crippen LogP contribution in [-0.2, 0) is 6.61 Å². The van der Waals surface area contributed by atoms with Crippen LogP contribution >= 0.6 is 11.3 Å². The van der Waals surface area contributed by atoms with Crippen molar-refractivity contribution in [2.45, 2.75) is 13.5 Å². The predicted molar refractivity (Wildman–Crippen MR) is 60.4 cm³/mol. The number of rotatable bonds is 2. The third-order valence-corrected chi connectivity index (χ3v) is 3.30. The second kappa shape index (κ2) is 4.13. The highest BCUT2D eigenvalue weighted by atomic mass is 32.1. The zero-order valence-electron chi connectivity index (χ0n) is 8.33. The molecule has 1 N–H and O–H groups in total. The van der Waals surface area contributed by atoms with Crippen LogP contribution in [0.3, 0.4) is 0 Å². The van der Waals surface area contributed by atoms with E-state index in [1.807, 2.05) is 25.1 Å². The summed E-state index contributed by atoms with van der Waals surface area (Å²) < 4.78 is 13.4. The SMILES string of the molecule is Cc1ccc(-c2ccc(CO)c(F)c2)s1. The van der Waals surface area contributed by atoms with E-state index >= 15 is 0 Å². The van der Waals surface area contributed by atoms with Gasteiger partial charge >= 0.3 is 0 Å². The molecule has 15 heavy (non-hydrogen) atoms. The molecule has 1 nitrogen and oxygen atoms in total. The van der Waals surface area contributed by atoms with E-state index in [0.29, 0.717) is 5.56 Å². The van der Waals surface area contributed by atoms with Gasteiger partial charge in [0.15, 0.2) is 0 Å². The van der Waals surface area contributed by atoms with Gasteiger partial charge < -0.3 is 5.11 Å². The van der Waals surface area contributed by atoms with Crippen molar-refractivity contribution in [3.8, 4) is 10.4 Å². The quantitative estimate of drug-likeness (QED) is 0.826. The molecule has 0 radical (unpaired) electrons. The van der Waals surface area contributed by atoms with Crippen molar-refractivity contribution in [1.82, 2.24) is 0 Å². The second-order valence-electron chi connectivity index (χ2n) is 3.37. The molecule has 1 heterocycles. The number of benzene rings is 1. The Bertz CT molecular complexity index is 476. The summed E-state index contributed by atoms with van der Waals surface area (Å²) in [5.74, 6) is -0.346. The summed E-state index contributed by atoms with van der Waals surface area (Å²) in [7, 11) is 0. The lowest BCUT2D eigenvalue weighted by molar-refractivity contribution is 0.276. The van der Waals surface area contributed by atoms with Crippen molar-refractivity contribution >= 4 is 11.3 Å². The molecule has 2 aromatic rings. The molecule has 0 aliphatic rings. The summed E-state index contributed by atoms with van der Waals surface area (Å²) in [6.45, 7) is 1.77. The number of aryl methyl sites for hydroxylation is 1. The molecule has 0 saturated heterocycles. The van der Waals surface area contributed by atoms with Crippen molar-refractivity contribution in [3.05, 3.63) is 46.6 Å². The predicted octanol–water partition coefficient (Wildman–Crippen LogP) is 3.35. The fourth-order valence-corrected chi connectivity index (χ4v) is 2.28. The van der Waals surface area contributed by atoms with Gasteiger partial charge in [0.25, 0.3) is 0 Å². The van der Waals surface area contributed by atoms with Crippen LogP contribution in [0.1, 0.15) is 10.4 Å². The van der Waals surface area contributed by atoms with Crippen LogP contribution in [0.25, 0.3) is 10.4 Å². The summed E-state index contributed by atoms with van der Waals surface area (Å²) in [6.07, 6.45) is 0. The minimum atomic E-state index is -0.346. The number of thiophene rings is 1. The highest BCUT2D eigenvalue weighted by Crippen LogP contribution is 2.28. The standard InChI is InChI=1S/C12H11FOS/c1-8-2-5-12(15-8)9-3-4-10(7-14)11(13)6-9/h2-6,14H,7H2,1H3. The van der Waals surface area contributed by atoms with E-state index in [1.54, 1.807) is 17.4 Å². The first-order valence-electron chi connectivity index (χ1n) is 4.67. The Kier molecular flexibility index (Phi) is 2.84. The molecule has 1 aromatic heterocycles. The van der Waals surface area contributed by atoms with E-state index < -0.39 is 0 Å². The third-order valence-electron chi connectivity index (χ3n) is 2.25. The second-order valence-corrected chi connectivity index (χ2v) is 4.66. The van der Waals surface area contributed by atoms with Gasteiger partial charge in [-0.3, -0.25) is 0 Å². The highest BCUT2D eigenvalue weighted by Gasteiger charge is 2.05. The normalized spacial score (nSPS) is 10.6. The molecule has 2 rings (SSSR count). The lowest BCUT2D eigenvalue weighted by Crippen LogP contribution is -1.89. The maximum Gasteiger partial charge on any atom is 0.129 e. The van der Waals surface area contributed by atoms with Crippen LogP contribution in [-0.4, -0.2) is 5.11 Å². The maximum atomic E-state index is 13.4. The molecule has 78 valence electrons. The average molecular weight is 222 g/mol. The zero-order valence-corrected chi connectivity index (χ0v) is 9.14. The molecule has 0 aliphatic heterocycles. The van der Waals surface area contributed by atoms with Gasteiger partial charge in [-0.25, -0.2) is 4.39 Å². The smallest absolute Gasteiger partial charge is 0.129 e. The number of aliphatic hydroxyl groups excluding tert-OH is 1. The number of hydrogen-bond acceptors (Lipinski definition) is 2. The van der Waals surface area contributed by atoms with Crippen molar-refractivity contribution < 1.29 is 9.50 Å². The molecule has 1 aromatic carbocycles. The lowest BCUT2D eigenvalue weighted by atomic mass is 10.1. The van der Waals surface area contributed by atoms with Crippen molar-refractivity contribution in [1.29, 1.82) is 0 Å². The number of hydrogen-bond donors (Lipinski definition) is 1. The monoisotopic (exact) mass is 222 g/mol. The minimum absolute atomic E-state index is 0.254. The summed E-state index contributed by atoms with van der Waals surface area (Å²) in [6, 6.07) is 8.92. The van der Waals surface area contributed by atoms with Gasteiger partial charge in [0.2, 0.25) is 0 Å².